The van der Waals surface area contributed by atoms with Gasteiger partial charge in [-0.2, -0.15) is 0 Å². The van der Waals surface area contributed by atoms with Gasteiger partial charge in [-0.05, 0) is 29.2 Å². The second-order valence-corrected chi connectivity index (χ2v) is 4.11. The molecule has 84 valence electrons. The van der Waals surface area contributed by atoms with E-state index in [2.05, 4.69) is 35.0 Å². The van der Waals surface area contributed by atoms with E-state index in [4.69, 9.17) is 9.47 Å². The molecule has 2 nitrogen and oxygen atoms in total. The minimum Gasteiger partial charge on any atom is -0.380 e. The maximum Gasteiger partial charge on any atom is 0.0716 e. The van der Waals surface area contributed by atoms with Gasteiger partial charge in [-0.15, -0.1) is 0 Å². The highest BCUT2D eigenvalue weighted by Gasteiger charge is 2.07. The van der Waals surface area contributed by atoms with Gasteiger partial charge in [-0.1, -0.05) is 28.1 Å². The predicted octanol–water partition coefficient (Wildman–Crippen LogP) is 3.18. The fourth-order valence-corrected chi connectivity index (χ4v) is 2.50. The summed E-state index contributed by atoms with van der Waals surface area (Å²) < 4.78 is 10.3. The standard InChI is InChI=1S/C12H17BrO2/c1-9-4-10(7-14-2)5-11(8-15-3)12(9)6-13/h4-5H,6-8H2,1-3H3. The molecule has 0 N–H and O–H groups in total. The van der Waals surface area contributed by atoms with E-state index in [0.29, 0.717) is 13.2 Å². The fourth-order valence-electron chi connectivity index (χ4n) is 1.70. The van der Waals surface area contributed by atoms with Crippen LogP contribution in [0, 0.1) is 6.92 Å². The number of hydrogen-bond acceptors (Lipinski definition) is 2. The van der Waals surface area contributed by atoms with Gasteiger partial charge in [-0.25, -0.2) is 0 Å². The van der Waals surface area contributed by atoms with Crippen LogP contribution in [0.25, 0.3) is 0 Å². The molecule has 0 atom stereocenters. The van der Waals surface area contributed by atoms with Crippen molar-refractivity contribution in [2.45, 2.75) is 25.5 Å². The van der Waals surface area contributed by atoms with Crippen LogP contribution in [-0.2, 0) is 28.0 Å². The number of methoxy groups -OCH3 is 2. The number of halogens is 1. The minimum atomic E-state index is 0.652. The van der Waals surface area contributed by atoms with Crippen LogP contribution in [0.4, 0.5) is 0 Å². The molecular formula is C12H17BrO2. The van der Waals surface area contributed by atoms with Crippen molar-refractivity contribution in [1.29, 1.82) is 0 Å². The molecule has 3 heteroatoms. The molecule has 1 aromatic rings. The molecule has 0 saturated carbocycles. The van der Waals surface area contributed by atoms with E-state index in [1.807, 2.05) is 0 Å². The van der Waals surface area contributed by atoms with E-state index in [1.54, 1.807) is 14.2 Å². The molecule has 0 aliphatic rings. The largest absolute Gasteiger partial charge is 0.380 e. The van der Waals surface area contributed by atoms with Gasteiger partial charge in [0.1, 0.15) is 0 Å². The Balaban J connectivity index is 3.07. The Labute approximate surface area is 99.7 Å². The molecule has 0 radical (unpaired) electrons. The van der Waals surface area contributed by atoms with Gasteiger partial charge in [-0.3, -0.25) is 0 Å². The monoisotopic (exact) mass is 272 g/mol. The van der Waals surface area contributed by atoms with Gasteiger partial charge in [0, 0.05) is 19.5 Å². The number of ether oxygens (including phenoxy) is 2. The van der Waals surface area contributed by atoms with E-state index in [0.717, 1.165) is 5.33 Å². The summed E-state index contributed by atoms with van der Waals surface area (Å²) in [6, 6.07) is 4.32. The number of aryl methyl sites for hydroxylation is 1. The van der Waals surface area contributed by atoms with Crippen molar-refractivity contribution in [3.8, 4) is 0 Å². The van der Waals surface area contributed by atoms with Gasteiger partial charge >= 0.3 is 0 Å². The first-order valence-corrected chi connectivity index (χ1v) is 6.00. The van der Waals surface area contributed by atoms with Crippen molar-refractivity contribution in [3.63, 3.8) is 0 Å². The highest BCUT2D eigenvalue weighted by molar-refractivity contribution is 9.08. The molecule has 1 rings (SSSR count). The quantitative estimate of drug-likeness (QED) is 0.767. The lowest BCUT2D eigenvalue weighted by molar-refractivity contribution is 0.179. The molecule has 15 heavy (non-hydrogen) atoms. The Morgan fingerprint density at radius 1 is 1.13 bits per heavy atom. The second-order valence-electron chi connectivity index (χ2n) is 3.55. The van der Waals surface area contributed by atoms with E-state index < -0.39 is 0 Å². The summed E-state index contributed by atoms with van der Waals surface area (Å²) in [6.07, 6.45) is 0. The number of benzene rings is 1. The number of alkyl halides is 1. The first-order chi connectivity index (χ1) is 7.22. The molecule has 0 amide bonds. The number of hydrogen-bond donors (Lipinski definition) is 0. The molecule has 0 aromatic heterocycles. The van der Waals surface area contributed by atoms with Crippen LogP contribution in [0.5, 0.6) is 0 Å². The average Bonchev–Trinajstić information content (AvgIpc) is 2.18. The van der Waals surface area contributed by atoms with E-state index in [9.17, 15) is 0 Å². The Morgan fingerprint density at radius 3 is 2.33 bits per heavy atom. The maximum atomic E-state index is 5.20. The third-order valence-electron chi connectivity index (χ3n) is 2.37. The van der Waals surface area contributed by atoms with Crippen LogP contribution in [0.2, 0.25) is 0 Å². The van der Waals surface area contributed by atoms with Crippen LogP contribution in [0.3, 0.4) is 0 Å². The Hall–Kier alpha value is -0.380. The van der Waals surface area contributed by atoms with Crippen LogP contribution in [0.15, 0.2) is 12.1 Å². The van der Waals surface area contributed by atoms with Crippen LogP contribution in [-0.4, -0.2) is 14.2 Å². The lowest BCUT2D eigenvalue weighted by Gasteiger charge is -2.12. The Kier molecular flexibility index (Phi) is 5.29. The van der Waals surface area contributed by atoms with E-state index in [1.165, 1.54) is 22.3 Å². The van der Waals surface area contributed by atoms with Crippen molar-refractivity contribution in [2.75, 3.05) is 14.2 Å². The summed E-state index contributed by atoms with van der Waals surface area (Å²) in [5.41, 5.74) is 5.04. The zero-order valence-electron chi connectivity index (χ0n) is 9.47. The second kappa shape index (κ2) is 6.26. The molecule has 0 saturated heterocycles. The van der Waals surface area contributed by atoms with Crippen LogP contribution in [0.1, 0.15) is 22.3 Å². The van der Waals surface area contributed by atoms with Gasteiger partial charge in [0.25, 0.3) is 0 Å². The summed E-state index contributed by atoms with van der Waals surface area (Å²) in [5, 5.41) is 0.866. The first kappa shape index (κ1) is 12.7. The predicted molar refractivity (Wildman–Crippen MR) is 65.2 cm³/mol. The highest BCUT2D eigenvalue weighted by atomic mass is 79.9. The van der Waals surface area contributed by atoms with Crippen molar-refractivity contribution < 1.29 is 9.47 Å². The smallest absolute Gasteiger partial charge is 0.0716 e. The lowest BCUT2D eigenvalue weighted by Crippen LogP contribution is -2.00. The SMILES string of the molecule is COCc1cc(C)c(CBr)c(COC)c1. The van der Waals surface area contributed by atoms with Crippen molar-refractivity contribution >= 4 is 15.9 Å². The zero-order chi connectivity index (χ0) is 11.3. The summed E-state index contributed by atoms with van der Waals surface area (Å²) in [4.78, 5) is 0. The van der Waals surface area contributed by atoms with Crippen LogP contribution < -0.4 is 0 Å². The van der Waals surface area contributed by atoms with Crippen LogP contribution >= 0.6 is 15.9 Å². The van der Waals surface area contributed by atoms with Crippen molar-refractivity contribution in [2.24, 2.45) is 0 Å². The molecule has 0 unspecified atom stereocenters. The normalized spacial score (nSPS) is 10.7. The van der Waals surface area contributed by atoms with Gasteiger partial charge in [0.05, 0.1) is 13.2 Å². The summed E-state index contributed by atoms with van der Waals surface area (Å²) in [7, 11) is 3.43. The molecule has 0 bridgehead atoms. The minimum absolute atomic E-state index is 0.652. The highest BCUT2D eigenvalue weighted by Crippen LogP contribution is 2.21. The topological polar surface area (TPSA) is 18.5 Å². The third kappa shape index (κ3) is 3.30. The summed E-state index contributed by atoms with van der Waals surface area (Å²) >= 11 is 3.51. The summed E-state index contributed by atoms with van der Waals surface area (Å²) in [5.74, 6) is 0. The Bertz CT molecular complexity index is 324. The molecule has 0 fully saturated rings. The van der Waals surface area contributed by atoms with Crippen molar-refractivity contribution in [1.82, 2.24) is 0 Å². The van der Waals surface area contributed by atoms with Gasteiger partial charge in [0.2, 0.25) is 0 Å². The fraction of sp³-hybridized carbons (Fsp3) is 0.500. The molecular weight excluding hydrogens is 256 g/mol. The first-order valence-electron chi connectivity index (χ1n) is 4.88. The number of rotatable bonds is 5. The maximum absolute atomic E-state index is 5.20. The third-order valence-corrected chi connectivity index (χ3v) is 2.93. The molecule has 0 aliphatic carbocycles. The average molecular weight is 273 g/mol. The van der Waals surface area contributed by atoms with Crippen molar-refractivity contribution in [3.05, 3.63) is 34.4 Å². The van der Waals surface area contributed by atoms with Gasteiger partial charge in [0.15, 0.2) is 0 Å². The summed E-state index contributed by atoms with van der Waals surface area (Å²) in [6.45, 7) is 3.42. The molecule has 1 aromatic carbocycles. The molecule has 0 heterocycles. The zero-order valence-corrected chi connectivity index (χ0v) is 11.1. The van der Waals surface area contributed by atoms with E-state index >= 15 is 0 Å². The molecule has 0 spiro atoms. The van der Waals surface area contributed by atoms with Gasteiger partial charge < -0.3 is 9.47 Å². The molecule has 0 aliphatic heterocycles. The lowest BCUT2D eigenvalue weighted by atomic mass is 10.0. The van der Waals surface area contributed by atoms with E-state index in [-0.39, 0.29) is 0 Å². The Morgan fingerprint density at radius 2 is 1.80 bits per heavy atom.